The van der Waals surface area contributed by atoms with Crippen LogP contribution < -0.4 is 5.32 Å². The second-order valence-electron chi connectivity index (χ2n) is 5.34. The van der Waals surface area contributed by atoms with Crippen LogP contribution in [-0.2, 0) is 9.53 Å². The summed E-state index contributed by atoms with van der Waals surface area (Å²) < 4.78 is 4.98. The summed E-state index contributed by atoms with van der Waals surface area (Å²) in [5.41, 5.74) is -0.490. The van der Waals surface area contributed by atoms with Crippen LogP contribution in [0.15, 0.2) is 12.7 Å². The first-order valence-electron chi connectivity index (χ1n) is 6.50. The Balaban J connectivity index is 2.81. The zero-order valence-corrected chi connectivity index (χ0v) is 11.3. The van der Waals surface area contributed by atoms with E-state index < -0.39 is 5.54 Å². The van der Waals surface area contributed by atoms with Gasteiger partial charge in [-0.25, -0.2) is 0 Å². The monoisotopic (exact) mass is 239 g/mol. The molecule has 3 nitrogen and oxygen atoms in total. The minimum absolute atomic E-state index is 0.121. The van der Waals surface area contributed by atoms with Gasteiger partial charge < -0.3 is 4.74 Å². The van der Waals surface area contributed by atoms with Crippen LogP contribution >= 0.6 is 0 Å². The van der Waals surface area contributed by atoms with Crippen molar-refractivity contribution >= 4 is 5.97 Å². The largest absolute Gasteiger partial charge is 0.468 e. The fraction of sp³-hybridized carbons (Fsp3) is 0.786. The fourth-order valence-corrected chi connectivity index (χ4v) is 2.77. The van der Waals surface area contributed by atoms with Crippen LogP contribution in [0.3, 0.4) is 0 Å². The third kappa shape index (κ3) is 3.32. The Morgan fingerprint density at radius 1 is 1.65 bits per heavy atom. The SMILES string of the molecule is C=CCNC1(C(=O)OC)CCCC(C(C)C)C1. The Bertz CT molecular complexity index is 275. The summed E-state index contributed by atoms with van der Waals surface area (Å²) >= 11 is 0. The molecule has 2 atom stereocenters. The molecule has 0 spiro atoms. The van der Waals surface area contributed by atoms with Crippen molar-refractivity contribution < 1.29 is 9.53 Å². The van der Waals surface area contributed by atoms with Gasteiger partial charge in [-0.2, -0.15) is 0 Å². The zero-order valence-electron chi connectivity index (χ0n) is 11.3. The maximum absolute atomic E-state index is 12.0. The number of esters is 1. The first-order chi connectivity index (χ1) is 8.05. The standard InChI is InChI=1S/C14H25NO2/c1-5-9-15-14(13(16)17-4)8-6-7-12(10-14)11(2)3/h5,11-12,15H,1,6-10H2,2-4H3. The van der Waals surface area contributed by atoms with E-state index in [1.165, 1.54) is 13.5 Å². The Labute approximate surface area is 105 Å². The van der Waals surface area contributed by atoms with Gasteiger partial charge in [0.15, 0.2) is 0 Å². The highest BCUT2D eigenvalue weighted by Gasteiger charge is 2.43. The fourth-order valence-electron chi connectivity index (χ4n) is 2.77. The van der Waals surface area contributed by atoms with Crippen molar-refractivity contribution in [3.05, 3.63) is 12.7 Å². The number of rotatable bonds is 5. The molecule has 1 aliphatic carbocycles. The van der Waals surface area contributed by atoms with Gasteiger partial charge in [0, 0.05) is 6.54 Å². The summed E-state index contributed by atoms with van der Waals surface area (Å²) in [7, 11) is 1.47. The van der Waals surface area contributed by atoms with Crippen LogP contribution in [0.2, 0.25) is 0 Å². The molecule has 98 valence electrons. The van der Waals surface area contributed by atoms with Gasteiger partial charge in [0.25, 0.3) is 0 Å². The third-order valence-electron chi connectivity index (χ3n) is 3.89. The average molecular weight is 239 g/mol. The van der Waals surface area contributed by atoms with E-state index >= 15 is 0 Å². The Kier molecular flexibility index (Phi) is 5.19. The van der Waals surface area contributed by atoms with E-state index in [-0.39, 0.29) is 5.97 Å². The topological polar surface area (TPSA) is 38.3 Å². The molecule has 1 fully saturated rings. The van der Waals surface area contributed by atoms with Crippen molar-refractivity contribution in [1.82, 2.24) is 5.32 Å². The minimum Gasteiger partial charge on any atom is -0.468 e. The van der Waals surface area contributed by atoms with E-state index in [4.69, 9.17) is 4.74 Å². The smallest absolute Gasteiger partial charge is 0.326 e. The van der Waals surface area contributed by atoms with Crippen LogP contribution in [0.25, 0.3) is 0 Å². The molecule has 0 aromatic rings. The molecule has 0 bridgehead atoms. The van der Waals surface area contributed by atoms with Crippen LogP contribution in [-0.4, -0.2) is 25.2 Å². The predicted octanol–water partition coefficient (Wildman–Crippen LogP) is 2.52. The summed E-state index contributed by atoms with van der Waals surface area (Å²) in [5, 5.41) is 3.33. The number of nitrogens with one attached hydrogen (secondary N) is 1. The summed E-state index contributed by atoms with van der Waals surface area (Å²) in [6, 6.07) is 0. The molecule has 0 aliphatic heterocycles. The lowest BCUT2D eigenvalue weighted by Crippen LogP contribution is -2.56. The molecule has 1 saturated carbocycles. The van der Waals surface area contributed by atoms with Crippen molar-refractivity contribution in [3.63, 3.8) is 0 Å². The highest BCUT2D eigenvalue weighted by molar-refractivity contribution is 5.81. The highest BCUT2D eigenvalue weighted by atomic mass is 16.5. The van der Waals surface area contributed by atoms with E-state index in [0.29, 0.717) is 18.4 Å². The second-order valence-corrected chi connectivity index (χ2v) is 5.34. The molecule has 3 heteroatoms. The lowest BCUT2D eigenvalue weighted by atomic mass is 9.71. The number of carbonyl (C=O) groups is 1. The van der Waals surface area contributed by atoms with Crippen LogP contribution in [0.1, 0.15) is 39.5 Å². The van der Waals surface area contributed by atoms with E-state index in [2.05, 4.69) is 25.7 Å². The van der Waals surface area contributed by atoms with Gasteiger partial charge in [-0.05, 0) is 24.7 Å². The molecular formula is C14H25NO2. The summed E-state index contributed by atoms with van der Waals surface area (Å²) in [6.45, 7) is 8.81. The van der Waals surface area contributed by atoms with Crippen molar-refractivity contribution in [1.29, 1.82) is 0 Å². The predicted molar refractivity (Wildman–Crippen MR) is 69.7 cm³/mol. The van der Waals surface area contributed by atoms with Crippen LogP contribution in [0, 0.1) is 11.8 Å². The average Bonchev–Trinajstić information content (AvgIpc) is 2.35. The zero-order chi connectivity index (χ0) is 12.9. The molecule has 2 unspecified atom stereocenters. The number of hydrogen-bond acceptors (Lipinski definition) is 3. The first kappa shape index (κ1) is 14.2. The second kappa shape index (κ2) is 6.20. The molecule has 0 saturated heterocycles. The molecule has 1 aliphatic rings. The molecule has 1 rings (SSSR count). The van der Waals surface area contributed by atoms with Gasteiger partial charge in [-0.3, -0.25) is 10.1 Å². The van der Waals surface area contributed by atoms with E-state index in [0.717, 1.165) is 19.3 Å². The minimum atomic E-state index is -0.490. The number of ether oxygens (including phenoxy) is 1. The lowest BCUT2D eigenvalue weighted by Gasteiger charge is -2.40. The maximum atomic E-state index is 12.0. The van der Waals surface area contributed by atoms with E-state index in [9.17, 15) is 4.79 Å². The molecule has 0 aromatic heterocycles. The van der Waals surface area contributed by atoms with Gasteiger partial charge in [0.05, 0.1) is 7.11 Å². The molecule has 0 amide bonds. The van der Waals surface area contributed by atoms with E-state index in [1.807, 2.05) is 0 Å². The molecule has 0 aromatic carbocycles. The number of methoxy groups -OCH3 is 1. The summed E-state index contributed by atoms with van der Waals surface area (Å²) in [4.78, 5) is 12.0. The Hall–Kier alpha value is -0.830. The van der Waals surface area contributed by atoms with Crippen molar-refractivity contribution in [2.24, 2.45) is 11.8 Å². The van der Waals surface area contributed by atoms with Crippen molar-refractivity contribution in [2.75, 3.05) is 13.7 Å². The van der Waals surface area contributed by atoms with Gasteiger partial charge in [-0.15, -0.1) is 6.58 Å². The first-order valence-corrected chi connectivity index (χ1v) is 6.50. The Morgan fingerprint density at radius 2 is 2.35 bits per heavy atom. The van der Waals surface area contributed by atoms with Crippen LogP contribution in [0.5, 0.6) is 0 Å². The summed E-state index contributed by atoms with van der Waals surface area (Å²) in [6.07, 6.45) is 5.85. The normalized spacial score (nSPS) is 29.1. The highest BCUT2D eigenvalue weighted by Crippen LogP contribution is 2.37. The van der Waals surface area contributed by atoms with Crippen molar-refractivity contribution in [2.45, 2.75) is 45.1 Å². The number of carbonyl (C=O) groups excluding carboxylic acids is 1. The van der Waals surface area contributed by atoms with Gasteiger partial charge in [-0.1, -0.05) is 32.8 Å². The molecular weight excluding hydrogens is 214 g/mol. The molecule has 0 heterocycles. The van der Waals surface area contributed by atoms with E-state index in [1.54, 1.807) is 6.08 Å². The van der Waals surface area contributed by atoms with Gasteiger partial charge >= 0.3 is 5.97 Å². The maximum Gasteiger partial charge on any atom is 0.326 e. The molecule has 0 radical (unpaired) electrons. The third-order valence-corrected chi connectivity index (χ3v) is 3.89. The van der Waals surface area contributed by atoms with Crippen molar-refractivity contribution in [3.8, 4) is 0 Å². The number of hydrogen-bond donors (Lipinski definition) is 1. The lowest BCUT2D eigenvalue weighted by molar-refractivity contribution is -0.151. The molecule has 17 heavy (non-hydrogen) atoms. The Morgan fingerprint density at radius 3 is 2.88 bits per heavy atom. The summed E-state index contributed by atoms with van der Waals surface area (Å²) in [5.74, 6) is 1.09. The van der Waals surface area contributed by atoms with Gasteiger partial charge in [0.2, 0.25) is 0 Å². The quantitative estimate of drug-likeness (QED) is 0.592. The van der Waals surface area contributed by atoms with Gasteiger partial charge in [0.1, 0.15) is 5.54 Å². The van der Waals surface area contributed by atoms with Crippen LogP contribution in [0.4, 0.5) is 0 Å². The molecule has 1 N–H and O–H groups in total.